The Bertz CT molecular complexity index is 1160. The van der Waals surface area contributed by atoms with E-state index in [0.29, 0.717) is 33.3 Å². The molecule has 8 heteroatoms. The van der Waals surface area contributed by atoms with Gasteiger partial charge < -0.3 is 20.1 Å². The van der Waals surface area contributed by atoms with Gasteiger partial charge in [-0.1, -0.05) is 29.8 Å². The minimum absolute atomic E-state index is 0.294. The molecule has 3 rings (SSSR count). The third kappa shape index (κ3) is 7.22. The molecule has 0 heterocycles. The van der Waals surface area contributed by atoms with Gasteiger partial charge in [0.2, 0.25) is 0 Å². The number of hydrogen-bond acceptors (Lipinski definition) is 5. The van der Waals surface area contributed by atoms with Crippen LogP contribution >= 0.6 is 11.6 Å². The first-order valence-electron chi connectivity index (χ1n) is 9.89. The minimum Gasteiger partial charge on any atom is -0.497 e. The summed E-state index contributed by atoms with van der Waals surface area (Å²) < 4.78 is 10.0. The van der Waals surface area contributed by atoms with Gasteiger partial charge in [0.15, 0.2) is 6.61 Å². The van der Waals surface area contributed by atoms with Gasteiger partial charge >= 0.3 is 5.97 Å². The van der Waals surface area contributed by atoms with E-state index >= 15 is 0 Å². The molecular formula is C25H21ClN2O5. The molecule has 0 atom stereocenters. The fraction of sp³-hybridized carbons (Fsp3) is 0.0800. The van der Waals surface area contributed by atoms with Crippen molar-refractivity contribution in [2.75, 3.05) is 24.4 Å². The molecule has 0 aliphatic rings. The molecule has 3 aromatic rings. The molecule has 0 saturated heterocycles. The van der Waals surface area contributed by atoms with E-state index in [4.69, 9.17) is 21.1 Å². The number of methoxy groups -OCH3 is 1. The van der Waals surface area contributed by atoms with Crippen molar-refractivity contribution in [2.45, 2.75) is 0 Å². The lowest BCUT2D eigenvalue weighted by Crippen LogP contribution is -2.20. The number of anilines is 2. The lowest BCUT2D eigenvalue weighted by atomic mass is 10.2. The lowest BCUT2D eigenvalue weighted by molar-refractivity contribution is -0.142. The topological polar surface area (TPSA) is 93.7 Å². The molecule has 3 aromatic carbocycles. The highest BCUT2D eigenvalue weighted by Gasteiger charge is 2.09. The molecule has 2 amide bonds. The van der Waals surface area contributed by atoms with Crippen molar-refractivity contribution in [2.24, 2.45) is 0 Å². The smallest absolute Gasteiger partial charge is 0.331 e. The monoisotopic (exact) mass is 464 g/mol. The Morgan fingerprint density at radius 1 is 0.879 bits per heavy atom. The van der Waals surface area contributed by atoms with Gasteiger partial charge in [-0.2, -0.15) is 0 Å². The van der Waals surface area contributed by atoms with E-state index < -0.39 is 18.5 Å². The quantitative estimate of drug-likeness (QED) is 0.369. The van der Waals surface area contributed by atoms with Crippen LogP contribution < -0.4 is 15.4 Å². The average molecular weight is 465 g/mol. The predicted molar refractivity (Wildman–Crippen MR) is 127 cm³/mol. The molecule has 0 bridgehead atoms. The Balaban J connectivity index is 1.46. The molecule has 0 radical (unpaired) electrons. The summed E-state index contributed by atoms with van der Waals surface area (Å²) in [7, 11) is 1.57. The molecule has 7 nitrogen and oxygen atoms in total. The molecular weight excluding hydrogens is 444 g/mol. The van der Waals surface area contributed by atoms with Crippen LogP contribution in [0.15, 0.2) is 78.9 Å². The Hall–Kier alpha value is -4.10. The second kappa shape index (κ2) is 11.5. The summed E-state index contributed by atoms with van der Waals surface area (Å²) in [5, 5.41) is 5.88. The summed E-state index contributed by atoms with van der Waals surface area (Å²) in [6, 6.07) is 20.3. The number of halogens is 1. The third-order valence-corrected chi connectivity index (χ3v) is 4.77. The Kier molecular flexibility index (Phi) is 8.21. The standard InChI is InChI=1S/C25H21ClN2O5/c1-32-21-13-11-20(12-14-21)28-25(31)18-6-9-19(10-7-18)27-23(29)16-33-24(30)15-8-17-4-2-3-5-22(17)26/h2-15H,16H2,1H3,(H,27,29)(H,28,31). The summed E-state index contributed by atoms with van der Waals surface area (Å²) in [5.41, 5.74) is 2.17. The Morgan fingerprint density at radius 2 is 1.52 bits per heavy atom. The number of rotatable bonds is 8. The largest absolute Gasteiger partial charge is 0.497 e. The van der Waals surface area contributed by atoms with Gasteiger partial charge in [0.25, 0.3) is 11.8 Å². The summed E-state index contributed by atoms with van der Waals surface area (Å²) >= 11 is 6.01. The average Bonchev–Trinajstić information content (AvgIpc) is 2.83. The van der Waals surface area contributed by atoms with E-state index in [2.05, 4.69) is 10.6 Å². The fourth-order valence-corrected chi connectivity index (χ4v) is 2.93. The number of esters is 1. The number of amides is 2. The SMILES string of the molecule is COc1ccc(NC(=O)c2ccc(NC(=O)COC(=O)C=Cc3ccccc3Cl)cc2)cc1. The summed E-state index contributed by atoms with van der Waals surface area (Å²) in [6.45, 7) is -0.453. The maximum absolute atomic E-state index is 12.4. The van der Waals surface area contributed by atoms with E-state index in [-0.39, 0.29) is 5.91 Å². The van der Waals surface area contributed by atoms with Gasteiger partial charge in [0.05, 0.1) is 7.11 Å². The number of benzene rings is 3. The molecule has 0 aliphatic heterocycles. The second-order valence-electron chi connectivity index (χ2n) is 6.77. The second-order valence-corrected chi connectivity index (χ2v) is 7.18. The molecule has 0 fully saturated rings. The van der Waals surface area contributed by atoms with Gasteiger partial charge in [0.1, 0.15) is 5.75 Å². The van der Waals surface area contributed by atoms with Crippen molar-refractivity contribution < 1.29 is 23.9 Å². The number of carbonyl (C=O) groups excluding carboxylic acids is 3. The third-order valence-electron chi connectivity index (χ3n) is 4.43. The fourth-order valence-electron chi connectivity index (χ4n) is 2.73. The van der Waals surface area contributed by atoms with Gasteiger partial charge in [-0.25, -0.2) is 4.79 Å². The Labute approximate surface area is 196 Å². The van der Waals surface area contributed by atoms with Gasteiger partial charge in [-0.05, 0) is 66.2 Å². The predicted octanol–water partition coefficient (Wildman–Crippen LogP) is 4.80. The maximum atomic E-state index is 12.4. The van der Waals surface area contributed by atoms with Crippen LogP contribution in [-0.4, -0.2) is 31.5 Å². The van der Waals surface area contributed by atoms with Gasteiger partial charge in [0, 0.05) is 28.0 Å². The summed E-state index contributed by atoms with van der Waals surface area (Å²) in [4.78, 5) is 36.2. The van der Waals surface area contributed by atoms with Crippen molar-refractivity contribution in [1.29, 1.82) is 0 Å². The van der Waals surface area contributed by atoms with E-state index in [0.717, 1.165) is 0 Å². The molecule has 33 heavy (non-hydrogen) atoms. The van der Waals surface area contributed by atoms with Crippen molar-refractivity contribution in [3.05, 3.63) is 95.0 Å². The molecule has 0 aromatic heterocycles. The van der Waals surface area contributed by atoms with Gasteiger partial charge in [-0.3, -0.25) is 9.59 Å². The van der Waals surface area contributed by atoms with Crippen LogP contribution in [0, 0.1) is 0 Å². The highest BCUT2D eigenvalue weighted by molar-refractivity contribution is 6.32. The molecule has 2 N–H and O–H groups in total. The minimum atomic E-state index is -0.671. The summed E-state index contributed by atoms with van der Waals surface area (Å²) in [5.74, 6) is -0.784. The lowest BCUT2D eigenvalue weighted by Gasteiger charge is -2.08. The van der Waals surface area contributed by atoms with Crippen LogP contribution in [0.5, 0.6) is 5.75 Å². The highest BCUT2D eigenvalue weighted by Crippen LogP contribution is 2.17. The number of ether oxygens (including phenoxy) is 2. The summed E-state index contributed by atoms with van der Waals surface area (Å²) in [6.07, 6.45) is 2.71. The first kappa shape index (κ1) is 23.6. The van der Waals surface area contributed by atoms with Crippen LogP contribution in [0.4, 0.5) is 11.4 Å². The van der Waals surface area contributed by atoms with Crippen LogP contribution in [0.2, 0.25) is 5.02 Å². The van der Waals surface area contributed by atoms with Gasteiger partial charge in [-0.15, -0.1) is 0 Å². The highest BCUT2D eigenvalue weighted by atomic mass is 35.5. The maximum Gasteiger partial charge on any atom is 0.331 e. The van der Waals surface area contributed by atoms with Crippen LogP contribution in [0.1, 0.15) is 15.9 Å². The molecule has 0 spiro atoms. The Morgan fingerprint density at radius 3 is 2.18 bits per heavy atom. The number of carbonyl (C=O) groups is 3. The van der Waals surface area contributed by atoms with Crippen molar-refractivity contribution in [1.82, 2.24) is 0 Å². The zero-order chi connectivity index (χ0) is 23.6. The van der Waals surface area contributed by atoms with Crippen LogP contribution in [0.3, 0.4) is 0 Å². The zero-order valence-electron chi connectivity index (χ0n) is 17.7. The number of hydrogen-bond donors (Lipinski definition) is 2. The molecule has 0 unspecified atom stereocenters. The molecule has 168 valence electrons. The van der Waals surface area contributed by atoms with Crippen molar-refractivity contribution in [3.8, 4) is 5.75 Å². The van der Waals surface area contributed by atoms with Crippen LogP contribution in [-0.2, 0) is 14.3 Å². The van der Waals surface area contributed by atoms with E-state index in [9.17, 15) is 14.4 Å². The molecule has 0 aliphatic carbocycles. The van der Waals surface area contributed by atoms with Crippen molar-refractivity contribution >= 4 is 46.8 Å². The van der Waals surface area contributed by atoms with Crippen LogP contribution in [0.25, 0.3) is 6.08 Å². The van der Waals surface area contributed by atoms with E-state index in [1.165, 1.54) is 12.2 Å². The number of nitrogens with one attached hydrogen (secondary N) is 2. The molecule has 0 saturated carbocycles. The van der Waals surface area contributed by atoms with E-state index in [1.807, 2.05) is 0 Å². The van der Waals surface area contributed by atoms with Crippen molar-refractivity contribution in [3.63, 3.8) is 0 Å². The van der Waals surface area contributed by atoms with E-state index in [1.54, 1.807) is 79.9 Å². The zero-order valence-corrected chi connectivity index (χ0v) is 18.5. The first-order valence-corrected chi connectivity index (χ1v) is 10.3. The first-order chi connectivity index (χ1) is 15.9. The normalized spacial score (nSPS) is 10.5.